The number of carbonyl (C=O) groups is 1. The van der Waals surface area contributed by atoms with Crippen molar-refractivity contribution >= 4 is 40.7 Å². The molecule has 1 N–H and O–H groups in total. The second-order valence-electron chi connectivity index (χ2n) is 4.94. The molecule has 0 atom stereocenters. The maximum atomic E-state index is 11.9. The number of carbonyl (C=O) groups excluding carboxylic acids is 1. The molecule has 1 aliphatic carbocycles. The normalized spacial score (nSPS) is 23.1. The van der Waals surface area contributed by atoms with E-state index in [1.165, 1.54) is 0 Å². The molecule has 5 heteroatoms. The molecule has 0 aliphatic heterocycles. The van der Waals surface area contributed by atoms with Gasteiger partial charge in [-0.2, -0.15) is 0 Å². The van der Waals surface area contributed by atoms with Crippen molar-refractivity contribution in [3.8, 4) is 0 Å². The summed E-state index contributed by atoms with van der Waals surface area (Å²) in [5.41, 5.74) is 0.873. The molecule has 0 radical (unpaired) electrons. The number of nitrogens with one attached hydrogen (secondary N) is 1. The first-order valence-electron chi connectivity index (χ1n) is 6.42. The van der Waals surface area contributed by atoms with Gasteiger partial charge in [0.15, 0.2) is 0 Å². The van der Waals surface area contributed by atoms with Gasteiger partial charge in [0.1, 0.15) is 0 Å². The van der Waals surface area contributed by atoms with Crippen LogP contribution >= 0.6 is 34.8 Å². The van der Waals surface area contributed by atoms with Crippen LogP contribution in [0, 0.1) is 0 Å². The van der Waals surface area contributed by atoms with E-state index in [4.69, 9.17) is 34.8 Å². The van der Waals surface area contributed by atoms with Gasteiger partial charge >= 0.3 is 0 Å². The van der Waals surface area contributed by atoms with Gasteiger partial charge in [-0.15, -0.1) is 11.6 Å². The van der Waals surface area contributed by atoms with E-state index in [0.29, 0.717) is 16.5 Å². The van der Waals surface area contributed by atoms with Crippen molar-refractivity contribution in [2.75, 3.05) is 0 Å². The maximum Gasteiger partial charge on any atom is 0.224 e. The summed E-state index contributed by atoms with van der Waals surface area (Å²) in [6.07, 6.45) is 4.19. The Hall–Kier alpha value is -0.440. The second kappa shape index (κ2) is 6.83. The van der Waals surface area contributed by atoms with Crippen molar-refractivity contribution in [1.82, 2.24) is 5.32 Å². The molecular weight excluding hydrogens is 305 g/mol. The molecule has 1 aliphatic rings. The molecule has 1 aromatic carbocycles. The van der Waals surface area contributed by atoms with E-state index in [0.717, 1.165) is 31.2 Å². The number of alkyl halides is 1. The minimum absolute atomic E-state index is 0.0245. The SMILES string of the molecule is O=C(Cc1ccc(Cl)c(Cl)c1)NC1CCC(Cl)CC1. The largest absolute Gasteiger partial charge is 0.353 e. The highest BCUT2D eigenvalue weighted by molar-refractivity contribution is 6.42. The third-order valence-electron chi connectivity index (χ3n) is 3.37. The van der Waals surface area contributed by atoms with Gasteiger partial charge in [0.25, 0.3) is 0 Å². The molecule has 19 heavy (non-hydrogen) atoms. The summed E-state index contributed by atoms with van der Waals surface area (Å²) >= 11 is 17.8. The summed E-state index contributed by atoms with van der Waals surface area (Å²) in [5, 5.41) is 4.30. The monoisotopic (exact) mass is 319 g/mol. The van der Waals surface area contributed by atoms with Crippen LogP contribution < -0.4 is 5.32 Å². The van der Waals surface area contributed by atoms with Crippen LogP contribution in [0.3, 0.4) is 0 Å². The maximum absolute atomic E-state index is 11.9. The van der Waals surface area contributed by atoms with Crippen molar-refractivity contribution < 1.29 is 4.79 Å². The highest BCUT2D eigenvalue weighted by Gasteiger charge is 2.20. The number of amides is 1. The summed E-state index contributed by atoms with van der Waals surface area (Å²) < 4.78 is 0. The van der Waals surface area contributed by atoms with Crippen molar-refractivity contribution in [3.05, 3.63) is 33.8 Å². The Morgan fingerprint density at radius 3 is 2.47 bits per heavy atom. The molecule has 1 saturated carbocycles. The molecule has 0 bridgehead atoms. The fourth-order valence-corrected chi connectivity index (χ4v) is 2.88. The van der Waals surface area contributed by atoms with E-state index in [9.17, 15) is 4.79 Å². The van der Waals surface area contributed by atoms with Crippen LogP contribution in [-0.2, 0) is 11.2 Å². The van der Waals surface area contributed by atoms with Crippen LogP contribution in [0.4, 0.5) is 0 Å². The second-order valence-corrected chi connectivity index (χ2v) is 6.37. The molecule has 2 nitrogen and oxygen atoms in total. The number of hydrogen-bond donors (Lipinski definition) is 1. The molecule has 2 rings (SSSR count). The number of benzene rings is 1. The van der Waals surface area contributed by atoms with Crippen LogP contribution in [0.2, 0.25) is 10.0 Å². The Kier molecular flexibility index (Phi) is 5.37. The van der Waals surface area contributed by atoms with Crippen LogP contribution in [0.1, 0.15) is 31.2 Å². The summed E-state index contributed by atoms with van der Waals surface area (Å²) in [6.45, 7) is 0. The molecule has 1 fully saturated rings. The van der Waals surface area contributed by atoms with Crippen molar-refractivity contribution in [2.24, 2.45) is 0 Å². The fourth-order valence-electron chi connectivity index (χ4n) is 2.31. The lowest BCUT2D eigenvalue weighted by atomic mass is 9.95. The molecular formula is C14H16Cl3NO. The quantitative estimate of drug-likeness (QED) is 0.831. The lowest BCUT2D eigenvalue weighted by Crippen LogP contribution is -2.38. The van der Waals surface area contributed by atoms with E-state index in [2.05, 4.69) is 5.32 Å². The van der Waals surface area contributed by atoms with E-state index >= 15 is 0 Å². The van der Waals surface area contributed by atoms with Gasteiger partial charge in [0.2, 0.25) is 5.91 Å². The lowest BCUT2D eigenvalue weighted by molar-refractivity contribution is -0.121. The molecule has 1 aromatic rings. The highest BCUT2D eigenvalue weighted by Crippen LogP contribution is 2.24. The van der Waals surface area contributed by atoms with Gasteiger partial charge in [0, 0.05) is 11.4 Å². The predicted molar refractivity (Wildman–Crippen MR) is 80.2 cm³/mol. The van der Waals surface area contributed by atoms with Gasteiger partial charge in [-0.25, -0.2) is 0 Å². The molecule has 0 heterocycles. The molecule has 104 valence electrons. The summed E-state index contributed by atoms with van der Waals surface area (Å²) in [7, 11) is 0. The standard InChI is InChI=1S/C14H16Cl3NO/c15-10-2-4-11(5-3-10)18-14(19)8-9-1-6-12(16)13(17)7-9/h1,6-7,10-11H,2-5,8H2,(H,18,19). The Labute approximate surface area is 128 Å². The van der Waals surface area contributed by atoms with Crippen LogP contribution in [-0.4, -0.2) is 17.3 Å². The topological polar surface area (TPSA) is 29.1 Å². The zero-order valence-electron chi connectivity index (χ0n) is 10.5. The van der Waals surface area contributed by atoms with Crippen LogP contribution in [0.15, 0.2) is 18.2 Å². The van der Waals surface area contributed by atoms with Gasteiger partial charge < -0.3 is 5.32 Å². The Bertz CT molecular complexity index is 456. The summed E-state index contributed by atoms with van der Waals surface area (Å²) in [4.78, 5) is 11.9. The summed E-state index contributed by atoms with van der Waals surface area (Å²) in [5.74, 6) is 0.0245. The molecule has 0 saturated heterocycles. The summed E-state index contributed by atoms with van der Waals surface area (Å²) in [6, 6.07) is 5.53. The predicted octanol–water partition coefficient (Wildman–Crippen LogP) is 4.20. The van der Waals surface area contributed by atoms with E-state index < -0.39 is 0 Å². The fraction of sp³-hybridized carbons (Fsp3) is 0.500. The first-order chi connectivity index (χ1) is 9.04. The van der Waals surface area contributed by atoms with Crippen molar-refractivity contribution in [3.63, 3.8) is 0 Å². The Morgan fingerprint density at radius 1 is 1.16 bits per heavy atom. The van der Waals surface area contributed by atoms with E-state index in [1.807, 2.05) is 6.07 Å². The third-order valence-corrected chi connectivity index (χ3v) is 4.55. The van der Waals surface area contributed by atoms with Gasteiger partial charge in [-0.3, -0.25) is 4.79 Å². The average Bonchev–Trinajstić information content (AvgIpc) is 2.37. The van der Waals surface area contributed by atoms with Gasteiger partial charge in [-0.05, 0) is 43.4 Å². The molecule has 0 aromatic heterocycles. The first-order valence-corrected chi connectivity index (χ1v) is 7.61. The lowest BCUT2D eigenvalue weighted by Gasteiger charge is -2.25. The first kappa shape index (κ1) is 15.0. The van der Waals surface area contributed by atoms with Gasteiger partial charge in [-0.1, -0.05) is 29.3 Å². The average molecular weight is 321 g/mol. The van der Waals surface area contributed by atoms with E-state index in [1.54, 1.807) is 12.1 Å². The Morgan fingerprint density at radius 2 is 1.84 bits per heavy atom. The number of halogens is 3. The van der Waals surface area contributed by atoms with Crippen LogP contribution in [0.5, 0.6) is 0 Å². The smallest absolute Gasteiger partial charge is 0.224 e. The highest BCUT2D eigenvalue weighted by atomic mass is 35.5. The van der Waals surface area contributed by atoms with Crippen LogP contribution in [0.25, 0.3) is 0 Å². The zero-order valence-corrected chi connectivity index (χ0v) is 12.7. The van der Waals surface area contributed by atoms with Crippen molar-refractivity contribution in [2.45, 2.75) is 43.5 Å². The third kappa shape index (κ3) is 4.55. The van der Waals surface area contributed by atoms with Crippen molar-refractivity contribution in [1.29, 1.82) is 0 Å². The van der Waals surface area contributed by atoms with E-state index in [-0.39, 0.29) is 17.3 Å². The molecule has 0 spiro atoms. The zero-order chi connectivity index (χ0) is 13.8. The minimum Gasteiger partial charge on any atom is -0.353 e. The number of hydrogen-bond acceptors (Lipinski definition) is 1. The molecule has 1 amide bonds. The number of rotatable bonds is 3. The van der Waals surface area contributed by atoms with Gasteiger partial charge in [0.05, 0.1) is 16.5 Å². The minimum atomic E-state index is 0.0245. The Balaban J connectivity index is 1.85. The molecule has 0 unspecified atom stereocenters.